The molecule has 0 aliphatic carbocycles. The van der Waals surface area contributed by atoms with Crippen LogP contribution in [0.15, 0.2) is 42.7 Å². The second-order valence-electron chi connectivity index (χ2n) is 4.51. The molecule has 1 aromatic heterocycles. The van der Waals surface area contributed by atoms with Crippen molar-refractivity contribution in [1.82, 2.24) is 9.78 Å². The summed E-state index contributed by atoms with van der Waals surface area (Å²) in [5.41, 5.74) is 1.51. The average molecular weight is 286 g/mol. The predicted molar refractivity (Wildman–Crippen MR) is 80.4 cm³/mol. The van der Waals surface area contributed by atoms with E-state index < -0.39 is 0 Å². The lowest BCUT2D eigenvalue weighted by molar-refractivity contribution is 0.104. The number of allylic oxidation sites excluding steroid dienone is 1. The lowest BCUT2D eigenvalue weighted by atomic mass is 10.1. The first-order valence-corrected chi connectivity index (χ1v) is 6.62. The van der Waals surface area contributed by atoms with Crippen LogP contribution >= 0.6 is 0 Å². The number of aryl methyl sites for hydroxylation is 1. The van der Waals surface area contributed by atoms with Crippen LogP contribution in [0.5, 0.6) is 5.75 Å². The second kappa shape index (κ2) is 7.40. The molecule has 2 aromatic rings. The van der Waals surface area contributed by atoms with E-state index in [-0.39, 0.29) is 5.78 Å². The number of hydrogen-bond acceptors (Lipinski definition) is 4. The lowest BCUT2D eigenvalue weighted by Crippen LogP contribution is -2.04. The van der Waals surface area contributed by atoms with E-state index in [1.165, 1.54) is 6.08 Å². The molecule has 2 rings (SSSR count). The molecule has 0 spiro atoms. The molecule has 0 saturated heterocycles. The minimum absolute atomic E-state index is 0.0534. The summed E-state index contributed by atoms with van der Waals surface area (Å²) in [4.78, 5) is 12.0. The molecule has 110 valence electrons. The number of hydrogen-bond donors (Lipinski definition) is 0. The molecule has 21 heavy (non-hydrogen) atoms. The van der Waals surface area contributed by atoms with Gasteiger partial charge in [0.2, 0.25) is 0 Å². The van der Waals surface area contributed by atoms with Crippen LogP contribution in [-0.2, 0) is 11.8 Å². The summed E-state index contributed by atoms with van der Waals surface area (Å²) in [6, 6.07) is 7.05. The van der Waals surface area contributed by atoms with Gasteiger partial charge < -0.3 is 9.47 Å². The average Bonchev–Trinajstić information content (AvgIpc) is 2.91. The number of benzene rings is 1. The molecule has 0 aliphatic rings. The molecule has 0 fully saturated rings. The van der Waals surface area contributed by atoms with Crippen molar-refractivity contribution in [3.8, 4) is 5.75 Å². The molecule has 0 unspecified atom stereocenters. The Morgan fingerprint density at radius 2 is 2.05 bits per heavy atom. The maximum absolute atomic E-state index is 12.0. The van der Waals surface area contributed by atoms with Crippen LogP contribution in [0.1, 0.15) is 15.9 Å². The summed E-state index contributed by atoms with van der Waals surface area (Å²) in [7, 11) is 3.46. The molecule has 5 heteroatoms. The third-order valence-corrected chi connectivity index (χ3v) is 2.85. The summed E-state index contributed by atoms with van der Waals surface area (Å²) in [5.74, 6) is 0.669. The van der Waals surface area contributed by atoms with Crippen molar-refractivity contribution in [2.45, 2.75) is 0 Å². The normalized spacial score (nSPS) is 11.0. The van der Waals surface area contributed by atoms with Crippen molar-refractivity contribution in [3.63, 3.8) is 0 Å². The Kier molecular flexibility index (Phi) is 5.29. The molecule has 0 N–H and O–H groups in total. The van der Waals surface area contributed by atoms with Crippen LogP contribution in [0.4, 0.5) is 0 Å². The van der Waals surface area contributed by atoms with E-state index >= 15 is 0 Å². The SMILES string of the molecule is COCCOc1ccc(C(=O)C=Cc2cnn(C)c2)cc1. The zero-order valence-corrected chi connectivity index (χ0v) is 12.2. The van der Waals surface area contributed by atoms with Gasteiger partial charge >= 0.3 is 0 Å². The van der Waals surface area contributed by atoms with Crippen LogP contribution in [0.25, 0.3) is 6.08 Å². The van der Waals surface area contributed by atoms with Crippen LogP contribution < -0.4 is 4.74 Å². The Balaban J connectivity index is 1.94. The van der Waals surface area contributed by atoms with Crippen molar-refractivity contribution in [3.05, 3.63) is 53.9 Å². The monoisotopic (exact) mass is 286 g/mol. The van der Waals surface area contributed by atoms with Crippen molar-refractivity contribution in [2.75, 3.05) is 20.3 Å². The number of ether oxygens (including phenoxy) is 2. The maximum Gasteiger partial charge on any atom is 0.185 e. The first-order chi connectivity index (χ1) is 10.2. The zero-order valence-electron chi connectivity index (χ0n) is 12.2. The Morgan fingerprint density at radius 1 is 1.29 bits per heavy atom. The smallest absolute Gasteiger partial charge is 0.185 e. The molecule has 1 heterocycles. The first kappa shape index (κ1) is 15.0. The number of ketones is 1. The summed E-state index contributed by atoms with van der Waals surface area (Å²) < 4.78 is 12.0. The molecule has 0 aliphatic heterocycles. The van der Waals surface area contributed by atoms with Gasteiger partial charge in [-0.3, -0.25) is 9.48 Å². The Morgan fingerprint density at radius 3 is 2.67 bits per heavy atom. The molecular weight excluding hydrogens is 268 g/mol. The van der Waals surface area contributed by atoms with Crippen molar-refractivity contribution >= 4 is 11.9 Å². The van der Waals surface area contributed by atoms with Gasteiger partial charge in [0.05, 0.1) is 12.8 Å². The summed E-state index contributed by atoms with van der Waals surface area (Å²) in [6.45, 7) is 1.03. The summed E-state index contributed by atoms with van der Waals surface area (Å²) in [5, 5.41) is 4.04. The number of rotatable bonds is 7. The second-order valence-corrected chi connectivity index (χ2v) is 4.51. The molecule has 0 amide bonds. The largest absolute Gasteiger partial charge is 0.491 e. The maximum atomic E-state index is 12.0. The fourth-order valence-corrected chi connectivity index (χ4v) is 1.75. The van der Waals surface area contributed by atoms with Gasteiger partial charge in [0, 0.05) is 31.5 Å². The van der Waals surface area contributed by atoms with E-state index in [0.717, 1.165) is 11.3 Å². The van der Waals surface area contributed by atoms with Gasteiger partial charge in [-0.05, 0) is 36.4 Å². The summed E-state index contributed by atoms with van der Waals surface area (Å²) in [6.07, 6.45) is 6.84. The molecule has 5 nitrogen and oxygen atoms in total. The minimum atomic E-state index is -0.0534. The van der Waals surface area contributed by atoms with Gasteiger partial charge in [-0.2, -0.15) is 5.10 Å². The van der Waals surface area contributed by atoms with Gasteiger partial charge in [0.15, 0.2) is 5.78 Å². The molecule has 0 radical (unpaired) electrons. The topological polar surface area (TPSA) is 53.4 Å². The van der Waals surface area contributed by atoms with Crippen LogP contribution in [-0.4, -0.2) is 35.9 Å². The van der Waals surface area contributed by atoms with Crippen LogP contribution in [0.2, 0.25) is 0 Å². The van der Waals surface area contributed by atoms with Crippen LogP contribution in [0, 0.1) is 0 Å². The fourth-order valence-electron chi connectivity index (χ4n) is 1.75. The highest BCUT2D eigenvalue weighted by Gasteiger charge is 2.02. The highest BCUT2D eigenvalue weighted by Crippen LogP contribution is 2.13. The summed E-state index contributed by atoms with van der Waals surface area (Å²) >= 11 is 0. The third-order valence-electron chi connectivity index (χ3n) is 2.85. The standard InChI is InChI=1S/C16H18N2O3/c1-18-12-13(11-17-18)3-8-16(19)14-4-6-15(7-5-14)21-10-9-20-2/h3-8,11-12H,9-10H2,1-2H3. The highest BCUT2D eigenvalue weighted by molar-refractivity contribution is 6.06. The lowest BCUT2D eigenvalue weighted by Gasteiger charge is -2.05. The van der Waals surface area contributed by atoms with Gasteiger partial charge in [-0.15, -0.1) is 0 Å². The predicted octanol–water partition coefficient (Wildman–Crippen LogP) is 2.34. The Labute approximate surface area is 123 Å². The van der Waals surface area contributed by atoms with E-state index in [9.17, 15) is 4.79 Å². The molecular formula is C16H18N2O3. The first-order valence-electron chi connectivity index (χ1n) is 6.62. The molecule has 0 bridgehead atoms. The van der Waals surface area contributed by atoms with Crippen LogP contribution in [0.3, 0.4) is 0 Å². The quantitative estimate of drug-likeness (QED) is 0.445. The number of aromatic nitrogens is 2. The molecule has 0 atom stereocenters. The number of nitrogens with zero attached hydrogens (tertiary/aromatic N) is 2. The van der Waals surface area contributed by atoms with Gasteiger partial charge in [0.1, 0.15) is 12.4 Å². The molecule has 0 saturated carbocycles. The third kappa shape index (κ3) is 4.57. The fraction of sp³-hybridized carbons (Fsp3) is 0.250. The van der Waals surface area contributed by atoms with E-state index in [4.69, 9.17) is 9.47 Å². The van der Waals surface area contributed by atoms with Gasteiger partial charge in [0.25, 0.3) is 0 Å². The number of carbonyl (C=O) groups is 1. The zero-order chi connectivity index (χ0) is 15.1. The van der Waals surface area contributed by atoms with Crippen molar-refractivity contribution < 1.29 is 14.3 Å². The van der Waals surface area contributed by atoms with Crippen molar-refractivity contribution in [1.29, 1.82) is 0 Å². The van der Waals surface area contributed by atoms with Crippen molar-refractivity contribution in [2.24, 2.45) is 7.05 Å². The number of carbonyl (C=O) groups excluding carboxylic acids is 1. The van der Waals surface area contributed by atoms with E-state index in [0.29, 0.717) is 18.8 Å². The van der Waals surface area contributed by atoms with E-state index in [1.807, 2.05) is 13.2 Å². The highest BCUT2D eigenvalue weighted by atomic mass is 16.5. The number of methoxy groups -OCH3 is 1. The Bertz CT molecular complexity index is 615. The van der Waals surface area contributed by atoms with Gasteiger partial charge in [-0.1, -0.05) is 0 Å². The molecule has 1 aromatic carbocycles. The van der Waals surface area contributed by atoms with E-state index in [2.05, 4.69) is 5.10 Å². The van der Waals surface area contributed by atoms with E-state index in [1.54, 1.807) is 48.3 Å². The minimum Gasteiger partial charge on any atom is -0.491 e. The van der Waals surface area contributed by atoms with Gasteiger partial charge in [-0.25, -0.2) is 0 Å². The Hall–Kier alpha value is -2.40.